The normalized spacial score (nSPS) is 19.4. The van der Waals surface area contributed by atoms with Crippen molar-refractivity contribution in [1.29, 1.82) is 0 Å². The number of hydrogen-bond acceptors (Lipinski definition) is 4. The van der Waals surface area contributed by atoms with Gasteiger partial charge in [-0.25, -0.2) is 0 Å². The molecule has 1 amide bonds. The molecule has 5 rings (SSSR count). The molecule has 1 atom stereocenters. The number of rotatable bonds is 6. The molecule has 2 aliphatic rings. The summed E-state index contributed by atoms with van der Waals surface area (Å²) in [6.45, 7) is 5.60. The lowest BCUT2D eigenvalue weighted by atomic mass is 9.90. The lowest BCUT2D eigenvalue weighted by Crippen LogP contribution is -2.54. The average molecular weight is 459 g/mol. The standard InChI is InChI=1S/C28H34N4O2/c1-30-13-10-24(11-14-30)31-15-17-32(18-16-31)28(34)25(21-5-3-2-4-6-21)20-27(33)23-8-7-22-9-12-29-26(22)19-23/h2-9,12,19,24-25,29H,10-11,13-18,20H2,1H3/t25-/m1/s1. The van der Waals surface area contributed by atoms with Gasteiger partial charge in [0.2, 0.25) is 5.91 Å². The lowest BCUT2D eigenvalue weighted by molar-refractivity contribution is -0.135. The molecule has 178 valence electrons. The molecule has 34 heavy (non-hydrogen) atoms. The number of Topliss-reactive ketones (excluding diaryl/α,β-unsaturated/α-hetero) is 1. The fourth-order valence-corrected chi connectivity index (χ4v) is 5.45. The predicted octanol–water partition coefficient (Wildman–Crippen LogP) is 3.76. The van der Waals surface area contributed by atoms with Crippen LogP contribution in [0.5, 0.6) is 0 Å². The molecule has 3 heterocycles. The Hall–Kier alpha value is -2.96. The predicted molar refractivity (Wildman–Crippen MR) is 135 cm³/mol. The van der Waals surface area contributed by atoms with E-state index in [0.29, 0.717) is 11.6 Å². The molecule has 3 aromatic rings. The highest BCUT2D eigenvalue weighted by Crippen LogP contribution is 2.27. The van der Waals surface area contributed by atoms with Crippen molar-refractivity contribution >= 4 is 22.6 Å². The quantitative estimate of drug-likeness (QED) is 0.572. The number of carbonyl (C=O) groups is 2. The van der Waals surface area contributed by atoms with Gasteiger partial charge in [0.25, 0.3) is 0 Å². The number of nitrogens with zero attached hydrogens (tertiary/aromatic N) is 3. The van der Waals surface area contributed by atoms with E-state index in [4.69, 9.17) is 0 Å². The average Bonchev–Trinajstić information content (AvgIpc) is 3.36. The van der Waals surface area contributed by atoms with E-state index in [0.717, 1.165) is 55.7 Å². The summed E-state index contributed by atoms with van der Waals surface area (Å²) < 4.78 is 0. The van der Waals surface area contributed by atoms with Gasteiger partial charge in [-0.1, -0.05) is 42.5 Å². The van der Waals surface area contributed by atoms with Crippen molar-refractivity contribution < 1.29 is 9.59 Å². The number of benzene rings is 2. The van der Waals surface area contributed by atoms with Gasteiger partial charge in [0, 0.05) is 55.9 Å². The van der Waals surface area contributed by atoms with Crippen molar-refractivity contribution in [3.05, 3.63) is 71.9 Å². The van der Waals surface area contributed by atoms with E-state index in [-0.39, 0.29) is 18.1 Å². The molecule has 0 bridgehead atoms. The number of aromatic amines is 1. The maximum Gasteiger partial charge on any atom is 0.230 e. The van der Waals surface area contributed by atoms with Gasteiger partial charge in [0.15, 0.2) is 5.78 Å². The van der Waals surface area contributed by atoms with Crippen LogP contribution < -0.4 is 0 Å². The monoisotopic (exact) mass is 458 g/mol. The molecule has 2 saturated heterocycles. The highest BCUT2D eigenvalue weighted by atomic mass is 16.2. The van der Waals surface area contributed by atoms with Gasteiger partial charge in [-0.15, -0.1) is 0 Å². The van der Waals surface area contributed by atoms with Gasteiger partial charge in [-0.3, -0.25) is 14.5 Å². The van der Waals surface area contributed by atoms with Gasteiger partial charge in [-0.05, 0) is 56.1 Å². The molecule has 2 fully saturated rings. The Labute approximate surface area is 201 Å². The van der Waals surface area contributed by atoms with Crippen LogP contribution in [0.25, 0.3) is 10.9 Å². The van der Waals surface area contributed by atoms with Crippen LogP contribution in [0.3, 0.4) is 0 Å². The molecule has 0 unspecified atom stereocenters. The summed E-state index contributed by atoms with van der Waals surface area (Å²) in [5.41, 5.74) is 2.51. The summed E-state index contributed by atoms with van der Waals surface area (Å²) in [6.07, 6.45) is 4.47. The Balaban J connectivity index is 1.28. The summed E-state index contributed by atoms with van der Waals surface area (Å²) in [5.74, 6) is -0.380. The summed E-state index contributed by atoms with van der Waals surface area (Å²) in [6, 6.07) is 18.1. The maximum absolute atomic E-state index is 13.7. The first-order chi connectivity index (χ1) is 16.6. The van der Waals surface area contributed by atoms with Crippen LogP contribution >= 0.6 is 0 Å². The van der Waals surface area contributed by atoms with Gasteiger partial charge in [0.05, 0.1) is 5.92 Å². The number of likely N-dealkylation sites (tertiary alicyclic amines) is 1. The largest absolute Gasteiger partial charge is 0.361 e. The SMILES string of the molecule is CN1CCC(N2CCN(C(=O)[C@H](CC(=O)c3ccc4cc[nH]c4c3)c3ccccc3)CC2)CC1. The Morgan fingerprint density at radius 1 is 0.941 bits per heavy atom. The molecular weight excluding hydrogens is 424 g/mol. The van der Waals surface area contributed by atoms with E-state index >= 15 is 0 Å². The zero-order valence-electron chi connectivity index (χ0n) is 20.0. The zero-order chi connectivity index (χ0) is 23.5. The molecule has 0 radical (unpaired) electrons. The molecule has 1 aromatic heterocycles. The number of aromatic nitrogens is 1. The van der Waals surface area contributed by atoms with Crippen molar-refractivity contribution in [3.8, 4) is 0 Å². The first-order valence-electron chi connectivity index (χ1n) is 12.4. The Kier molecular flexibility index (Phi) is 6.79. The summed E-state index contributed by atoms with van der Waals surface area (Å²) in [7, 11) is 2.19. The van der Waals surface area contributed by atoms with Crippen molar-refractivity contribution in [2.24, 2.45) is 0 Å². The molecule has 6 nitrogen and oxygen atoms in total. The molecule has 2 aromatic carbocycles. The summed E-state index contributed by atoms with van der Waals surface area (Å²) >= 11 is 0. The lowest BCUT2D eigenvalue weighted by Gasteiger charge is -2.42. The van der Waals surface area contributed by atoms with Crippen molar-refractivity contribution in [3.63, 3.8) is 0 Å². The number of piperidine rings is 1. The first kappa shape index (κ1) is 22.8. The van der Waals surface area contributed by atoms with Crippen LogP contribution in [-0.4, -0.2) is 83.7 Å². The van der Waals surface area contributed by atoms with E-state index in [1.165, 1.54) is 12.8 Å². The summed E-state index contributed by atoms with van der Waals surface area (Å²) in [5, 5.41) is 1.08. The number of amides is 1. The Morgan fingerprint density at radius 3 is 2.41 bits per heavy atom. The van der Waals surface area contributed by atoms with Gasteiger partial charge in [-0.2, -0.15) is 0 Å². The number of piperazine rings is 1. The second kappa shape index (κ2) is 10.1. The number of H-pyrrole nitrogens is 1. The molecule has 0 saturated carbocycles. The Morgan fingerprint density at radius 2 is 1.68 bits per heavy atom. The van der Waals surface area contributed by atoms with Crippen LogP contribution in [0.2, 0.25) is 0 Å². The number of fused-ring (bicyclic) bond motifs is 1. The number of ketones is 1. The van der Waals surface area contributed by atoms with Crippen LogP contribution in [0.1, 0.15) is 41.1 Å². The number of carbonyl (C=O) groups excluding carboxylic acids is 2. The van der Waals surface area contributed by atoms with Gasteiger partial charge < -0.3 is 14.8 Å². The molecule has 2 aliphatic heterocycles. The van der Waals surface area contributed by atoms with Gasteiger partial charge >= 0.3 is 0 Å². The molecule has 6 heteroatoms. The second-order valence-corrected chi connectivity index (χ2v) is 9.77. The molecule has 0 aliphatic carbocycles. The van der Waals surface area contributed by atoms with E-state index in [1.54, 1.807) is 0 Å². The third-order valence-corrected chi connectivity index (χ3v) is 7.60. The highest BCUT2D eigenvalue weighted by molar-refractivity contribution is 6.02. The molecule has 1 N–H and O–H groups in total. The number of nitrogens with one attached hydrogen (secondary N) is 1. The van der Waals surface area contributed by atoms with Crippen LogP contribution in [0.4, 0.5) is 0 Å². The minimum atomic E-state index is -0.456. The Bertz CT molecular complexity index is 1130. The van der Waals surface area contributed by atoms with E-state index in [2.05, 4.69) is 21.8 Å². The fraction of sp³-hybridized carbons (Fsp3) is 0.429. The fourth-order valence-electron chi connectivity index (χ4n) is 5.45. The van der Waals surface area contributed by atoms with Crippen molar-refractivity contribution in [2.45, 2.75) is 31.2 Å². The molecular formula is C28H34N4O2. The van der Waals surface area contributed by atoms with Crippen molar-refractivity contribution in [2.75, 3.05) is 46.3 Å². The minimum Gasteiger partial charge on any atom is -0.361 e. The van der Waals surface area contributed by atoms with Crippen LogP contribution in [0.15, 0.2) is 60.8 Å². The third kappa shape index (κ3) is 4.93. The summed E-state index contributed by atoms with van der Waals surface area (Å²) in [4.78, 5) is 37.1. The topological polar surface area (TPSA) is 59.6 Å². The zero-order valence-corrected chi connectivity index (χ0v) is 20.0. The van der Waals surface area contributed by atoms with Gasteiger partial charge in [0.1, 0.15) is 0 Å². The van der Waals surface area contributed by atoms with Crippen LogP contribution in [0, 0.1) is 0 Å². The second-order valence-electron chi connectivity index (χ2n) is 9.77. The number of hydrogen-bond donors (Lipinski definition) is 1. The van der Waals surface area contributed by atoms with Crippen LogP contribution in [-0.2, 0) is 4.79 Å². The third-order valence-electron chi connectivity index (χ3n) is 7.60. The molecule has 0 spiro atoms. The maximum atomic E-state index is 13.7. The highest BCUT2D eigenvalue weighted by Gasteiger charge is 2.32. The van der Waals surface area contributed by atoms with E-state index in [1.807, 2.05) is 65.7 Å². The van der Waals surface area contributed by atoms with E-state index < -0.39 is 5.92 Å². The first-order valence-corrected chi connectivity index (χ1v) is 12.4. The van der Waals surface area contributed by atoms with E-state index in [9.17, 15) is 9.59 Å². The van der Waals surface area contributed by atoms with Crippen molar-refractivity contribution in [1.82, 2.24) is 19.7 Å². The smallest absolute Gasteiger partial charge is 0.230 e. The minimum absolute atomic E-state index is 0.00339.